The van der Waals surface area contributed by atoms with Gasteiger partial charge in [0.25, 0.3) is 0 Å². The summed E-state index contributed by atoms with van der Waals surface area (Å²) >= 11 is 0. The maximum Gasteiger partial charge on any atom is 0.189 e. The lowest BCUT2D eigenvalue weighted by molar-refractivity contribution is -0.143. The van der Waals surface area contributed by atoms with Crippen LogP contribution in [0.3, 0.4) is 0 Å². The summed E-state index contributed by atoms with van der Waals surface area (Å²) in [7, 11) is 0. The molecule has 0 saturated carbocycles. The lowest BCUT2D eigenvalue weighted by atomic mass is 9.89. The van der Waals surface area contributed by atoms with Crippen LogP contribution in [0, 0.1) is 12.8 Å². The van der Waals surface area contributed by atoms with Crippen molar-refractivity contribution >= 4 is 5.57 Å². The Balaban J connectivity index is 0.00000144. The predicted molar refractivity (Wildman–Crippen MR) is 71.4 cm³/mol. The third-order valence-electron chi connectivity index (χ3n) is 2.96. The van der Waals surface area contributed by atoms with Crippen molar-refractivity contribution in [2.45, 2.75) is 27.1 Å². The average molecular weight is 232 g/mol. The molecule has 2 heteroatoms. The molecule has 0 aromatic heterocycles. The first-order valence-electron chi connectivity index (χ1n) is 5.42. The van der Waals surface area contributed by atoms with E-state index in [1.165, 1.54) is 11.6 Å². The summed E-state index contributed by atoms with van der Waals surface area (Å²) in [5, 5.41) is 19.2. The summed E-state index contributed by atoms with van der Waals surface area (Å²) in [6.45, 7) is 3.84. The largest absolute Gasteiger partial charge is 0.362 e. The fraction of sp³-hybridized carbons (Fsp3) is 0.333. The molecule has 2 N–H and O–H groups in total. The predicted octanol–water partition coefficient (Wildman–Crippen LogP) is 2.90. The third-order valence-corrected chi connectivity index (χ3v) is 2.96. The van der Waals surface area contributed by atoms with E-state index in [-0.39, 0.29) is 13.3 Å². The quantitative estimate of drug-likeness (QED) is 0.731. The molecule has 0 amide bonds. The SMILES string of the molecule is C.Cc1cccc(C2=CC(C)C(O)(O)C=C2)c1. The molecule has 1 aliphatic carbocycles. The first-order valence-corrected chi connectivity index (χ1v) is 5.42. The fourth-order valence-corrected chi connectivity index (χ4v) is 1.83. The van der Waals surface area contributed by atoms with Gasteiger partial charge in [0.1, 0.15) is 0 Å². The smallest absolute Gasteiger partial charge is 0.189 e. The van der Waals surface area contributed by atoms with Crippen LogP contribution in [0.5, 0.6) is 0 Å². The van der Waals surface area contributed by atoms with E-state index in [0.29, 0.717) is 0 Å². The first kappa shape index (κ1) is 13.7. The second-order valence-corrected chi connectivity index (χ2v) is 4.40. The Labute approximate surface area is 103 Å². The monoisotopic (exact) mass is 232 g/mol. The molecule has 2 rings (SSSR count). The number of hydrogen-bond acceptors (Lipinski definition) is 2. The number of hydrogen-bond donors (Lipinski definition) is 2. The molecule has 0 fully saturated rings. The molecule has 1 unspecified atom stereocenters. The van der Waals surface area contributed by atoms with Crippen LogP contribution in [0.2, 0.25) is 0 Å². The van der Waals surface area contributed by atoms with Crippen LogP contribution in [0.15, 0.2) is 42.5 Å². The maximum absolute atomic E-state index is 9.59. The normalized spacial score (nSPS) is 21.6. The molecule has 0 spiro atoms. The van der Waals surface area contributed by atoms with Gasteiger partial charge in [0.15, 0.2) is 5.79 Å². The minimum Gasteiger partial charge on any atom is -0.362 e. The minimum absolute atomic E-state index is 0. The zero-order valence-corrected chi connectivity index (χ0v) is 9.51. The second kappa shape index (κ2) is 4.86. The summed E-state index contributed by atoms with van der Waals surface area (Å²) in [5.41, 5.74) is 3.35. The molecule has 1 aromatic carbocycles. The molecular formula is C15H20O2. The molecule has 0 saturated heterocycles. The molecule has 2 nitrogen and oxygen atoms in total. The molecule has 0 radical (unpaired) electrons. The first-order chi connectivity index (χ1) is 7.49. The van der Waals surface area contributed by atoms with Gasteiger partial charge in [-0.2, -0.15) is 0 Å². The van der Waals surface area contributed by atoms with E-state index >= 15 is 0 Å². The van der Waals surface area contributed by atoms with Crippen molar-refractivity contribution in [3.63, 3.8) is 0 Å². The Morgan fingerprint density at radius 3 is 2.53 bits per heavy atom. The van der Waals surface area contributed by atoms with Gasteiger partial charge in [-0.1, -0.05) is 56.3 Å². The number of aryl methyl sites for hydroxylation is 1. The Bertz CT molecular complexity index is 456. The number of allylic oxidation sites excluding steroid dienone is 2. The summed E-state index contributed by atoms with van der Waals surface area (Å²) < 4.78 is 0. The van der Waals surface area contributed by atoms with E-state index in [1.807, 2.05) is 31.2 Å². The van der Waals surface area contributed by atoms with Gasteiger partial charge in [-0.05, 0) is 24.1 Å². The summed E-state index contributed by atoms with van der Waals surface area (Å²) in [4.78, 5) is 0. The van der Waals surface area contributed by atoms with Crippen LogP contribution in [0.25, 0.3) is 5.57 Å². The lowest BCUT2D eigenvalue weighted by Gasteiger charge is -2.27. The topological polar surface area (TPSA) is 40.5 Å². The molecule has 92 valence electrons. The van der Waals surface area contributed by atoms with Crippen LogP contribution >= 0.6 is 0 Å². The van der Waals surface area contributed by atoms with E-state index < -0.39 is 5.79 Å². The van der Waals surface area contributed by atoms with Crippen LogP contribution in [0.1, 0.15) is 25.5 Å². The fourth-order valence-electron chi connectivity index (χ4n) is 1.83. The highest BCUT2D eigenvalue weighted by atomic mass is 16.5. The summed E-state index contributed by atoms with van der Waals surface area (Å²) in [6.07, 6.45) is 5.08. The zero-order chi connectivity index (χ0) is 11.8. The van der Waals surface area contributed by atoms with E-state index in [1.54, 1.807) is 13.0 Å². The second-order valence-electron chi connectivity index (χ2n) is 4.40. The number of aliphatic hydroxyl groups is 2. The zero-order valence-electron chi connectivity index (χ0n) is 9.51. The van der Waals surface area contributed by atoms with Gasteiger partial charge in [-0.3, -0.25) is 0 Å². The lowest BCUT2D eigenvalue weighted by Crippen LogP contribution is -2.34. The molecule has 0 heterocycles. The van der Waals surface area contributed by atoms with Crippen molar-refractivity contribution in [3.8, 4) is 0 Å². The van der Waals surface area contributed by atoms with Crippen LogP contribution < -0.4 is 0 Å². The van der Waals surface area contributed by atoms with Crippen molar-refractivity contribution in [2.75, 3.05) is 0 Å². The molecule has 17 heavy (non-hydrogen) atoms. The van der Waals surface area contributed by atoms with Crippen molar-refractivity contribution < 1.29 is 10.2 Å². The number of rotatable bonds is 1. The highest BCUT2D eigenvalue weighted by Crippen LogP contribution is 2.29. The third kappa shape index (κ3) is 2.84. The van der Waals surface area contributed by atoms with Gasteiger partial charge in [-0.15, -0.1) is 0 Å². The standard InChI is InChI=1S/C14H16O2.CH4/c1-10-4-3-5-12(8-10)13-6-7-14(15,16)11(2)9-13;/h3-9,11,15-16H,1-2H3;1H4. The minimum atomic E-state index is -1.71. The highest BCUT2D eigenvalue weighted by molar-refractivity contribution is 5.75. The van der Waals surface area contributed by atoms with E-state index in [2.05, 4.69) is 6.07 Å². The van der Waals surface area contributed by atoms with Crippen molar-refractivity contribution in [1.29, 1.82) is 0 Å². The number of benzene rings is 1. The van der Waals surface area contributed by atoms with Crippen molar-refractivity contribution in [1.82, 2.24) is 0 Å². The van der Waals surface area contributed by atoms with Gasteiger partial charge in [-0.25, -0.2) is 0 Å². The van der Waals surface area contributed by atoms with Crippen LogP contribution in [-0.2, 0) is 0 Å². The van der Waals surface area contributed by atoms with Gasteiger partial charge >= 0.3 is 0 Å². The van der Waals surface area contributed by atoms with Gasteiger partial charge in [0.05, 0.1) is 0 Å². The van der Waals surface area contributed by atoms with Gasteiger partial charge in [0.2, 0.25) is 0 Å². The molecule has 0 bridgehead atoms. The van der Waals surface area contributed by atoms with E-state index in [9.17, 15) is 10.2 Å². The average Bonchev–Trinajstić information content (AvgIpc) is 2.22. The maximum atomic E-state index is 9.59. The van der Waals surface area contributed by atoms with E-state index in [0.717, 1.165) is 11.1 Å². The van der Waals surface area contributed by atoms with E-state index in [4.69, 9.17) is 0 Å². The molecule has 1 aliphatic rings. The Morgan fingerprint density at radius 2 is 1.94 bits per heavy atom. The van der Waals surface area contributed by atoms with Gasteiger partial charge in [0, 0.05) is 5.92 Å². The summed E-state index contributed by atoms with van der Waals surface area (Å²) in [6, 6.07) is 8.16. The Morgan fingerprint density at radius 1 is 1.24 bits per heavy atom. The molecule has 1 aromatic rings. The molecule has 0 aliphatic heterocycles. The Hall–Kier alpha value is -1.38. The van der Waals surface area contributed by atoms with Crippen molar-refractivity contribution in [2.24, 2.45) is 5.92 Å². The van der Waals surface area contributed by atoms with Gasteiger partial charge < -0.3 is 10.2 Å². The van der Waals surface area contributed by atoms with Crippen LogP contribution in [0.4, 0.5) is 0 Å². The molecule has 1 atom stereocenters. The van der Waals surface area contributed by atoms with Crippen molar-refractivity contribution in [3.05, 3.63) is 53.6 Å². The highest BCUT2D eigenvalue weighted by Gasteiger charge is 2.29. The molecular weight excluding hydrogens is 212 g/mol. The summed E-state index contributed by atoms with van der Waals surface area (Å²) in [5.74, 6) is -2.01. The van der Waals surface area contributed by atoms with Crippen LogP contribution in [-0.4, -0.2) is 16.0 Å². The Kier molecular flexibility index (Phi) is 3.91.